The number of hydrogen-bond donors (Lipinski definition) is 2. The molecule has 226 valence electrons. The lowest BCUT2D eigenvalue weighted by Gasteiger charge is -2.61. The number of ketones is 1. The summed E-state index contributed by atoms with van der Waals surface area (Å²) in [5, 5.41) is 24.3. The summed E-state index contributed by atoms with van der Waals surface area (Å²) in [5.41, 5.74) is -2.74. The van der Waals surface area contributed by atoms with Crippen LogP contribution in [-0.2, 0) is 33.4 Å². The van der Waals surface area contributed by atoms with E-state index in [1.165, 1.54) is 19.9 Å². The quantitative estimate of drug-likeness (QED) is 0.230. The van der Waals surface area contributed by atoms with Crippen molar-refractivity contribution in [3.8, 4) is 0 Å². The third-order valence-corrected chi connectivity index (χ3v) is 9.55. The lowest BCUT2D eigenvalue weighted by atomic mass is 9.48. The minimum atomic E-state index is -2.01. The van der Waals surface area contributed by atoms with Crippen LogP contribution in [0.25, 0.3) is 6.08 Å². The van der Waals surface area contributed by atoms with E-state index in [4.69, 9.17) is 14.2 Å². The molecule has 0 spiro atoms. The number of aliphatic hydroxyl groups excluding tert-OH is 1. The Labute approximate surface area is 246 Å². The van der Waals surface area contributed by atoms with E-state index in [0.29, 0.717) is 11.1 Å². The molecule has 0 aliphatic heterocycles. The Morgan fingerprint density at radius 2 is 1.64 bits per heavy atom. The Balaban J connectivity index is 1.82. The van der Waals surface area contributed by atoms with Crippen LogP contribution in [0.3, 0.4) is 0 Å². The lowest BCUT2D eigenvalue weighted by Crippen LogP contribution is -2.70. The molecule has 2 fully saturated rings. The van der Waals surface area contributed by atoms with Gasteiger partial charge in [0, 0.05) is 43.1 Å². The van der Waals surface area contributed by atoms with E-state index < -0.39 is 70.5 Å². The van der Waals surface area contributed by atoms with Crippen LogP contribution in [0, 0.1) is 16.7 Å². The number of benzene rings is 1. The monoisotopic (exact) mass is 580 g/mol. The van der Waals surface area contributed by atoms with Gasteiger partial charge in [0.05, 0.1) is 6.10 Å². The van der Waals surface area contributed by atoms with Crippen LogP contribution < -0.4 is 0 Å². The third-order valence-electron chi connectivity index (χ3n) is 9.55. The van der Waals surface area contributed by atoms with E-state index in [1.807, 2.05) is 30.3 Å². The number of allylic oxidation sites excluding steroid dienone is 1. The summed E-state index contributed by atoms with van der Waals surface area (Å²) >= 11 is 0. The van der Waals surface area contributed by atoms with Crippen molar-refractivity contribution >= 4 is 29.8 Å². The number of hydrogen-bond acceptors (Lipinski definition) is 9. The van der Waals surface area contributed by atoms with Crippen molar-refractivity contribution < 1.29 is 43.6 Å². The Bertz CT molecular complexity index is 1360. The summed E-state index contributed by atoms with van der Waals surface area (Å²) in [7, 11) is 0. The molecule has 0 heterocycles. The Morgan fingerprint density at radius 1 is 1.02 bits per heavy atom. The van der Waals surface area contributed by atoms with Gasteiger partial charge in [0.15, 0.2) is 11.9 Å². The summed E-state index contributed by atoms with van der Waals surface area (Å²) in [6.07, 6.45) is -1.72. The highest BCUT2D eigenvalue weighted by Gasteiger charge is 2.68. The van der Waals surface area contributed by atoms with Gasteiger partial charge in [-0.25, -0.2) is 4.79 Å². The zero-order chi connectivity index (χ0) is 31.2. The SMILES string of the molecule is C=C1[C@@H](OC(=O)/C=C\c2ccccc2)CC[C@@]2(C)[C@@H](OC(C)=O)[C@H](OC(C)=O)C3=C(C)C(=O)C[C@@](O)([C@@H](O)[C@H]12)C3(C)C. The highest BCUT2D eigenvalue weighted by Crippen LogP contribution is 2.61. The van der Waals surface area contributed by atoms with Crippen LogP contribution in [0.4, 0.5) is 0 Å². The molecule has 0 unspecified atom stereocenters. The first-order chi connectivity index (χ1) is 19.5. The number of Topliss-reactive ketones (excluding diaryl/α,β-unsaturated/α-hetero) is 1. The second-order valence-corrected chi connectivity index (χ2v) is 12.5. The fraction of sp³-hybridized carbons (Fsp3) is 0.515. The maximum atomic E-state index is 13.3. The number of esters is 3. The highest BCUT2D eigenvalue weighted by atomic mass is 16.6. The van der Waals surface area contributed by atoms with Crippen LogP contribution in [0.15, 0.2) is 59.7 Å². The number of fused-ring (bicyclic) bond motifs is 3. The molecule has 1 aromatic carbocycles. The molecule has 42 heavy (non-hydrogen) atoms. The maximum Gasteiger partial charge on any atom is 0.331 e. The number of carbonyl (C=O) groups is 4. The topological polar surface area (TPSA) is 136 Å². The molecule has 0 amide bonds. The standard InChI is InChI=1S/C33H40O9/c1-18-23(36)17-33(39)29(38)27-19(2)24(42-25(37)14-13-22-11-9-8-10-12-22)15-16-32(27,7)30(41-21(4)35)28(40-20(3)34)26(18)31(33,5)6/h8-14,24,27-30,38-39H,2,15-17H2,1,3-7H3/b14-13-/t24-,27-,28+,29-,30-,32+,33+/m0/s1. The van der Waals surface area contributed by atoms with Gasteiger partial charge in [-0.1, -0.05) is 57.7 Å². The Hall–Kier alpha value is -3.56. The van der Waals surface area contributed by atoms with Crippen molar-refractivity contribution in [2.45, 2.75) is 90.8 Å². The fourth-order valence-electron chi connectivity index (χ4n) is 7.27. The predicted molar refractivity (Wildman–Crippen MR) is 153 cm³/mol. The van der Waals surface area contributed by atoms with Crippen molar-refractivity contribution in [2.24, 2.45) is 16.7 Å². The van der Waals surface area contributed by atoms with Crippen LogP contribution >= 0.6 is 0 Å². The van der Waals surface area contributed by atoms with Crippen LogP contribution in [0.2, 0.25) is 0 Å². The van der Waals surface area contributed by atoms with Gasteiger partial charge >= 0.3 is 17.9 Å². The average Bonchev–Trinajstić information content (AvgIpc) is 2.90. The minimum absolute atomic E-state index is 0.251. The normalized spacial score (nSPS) is 34.2. The van der Waals surface area contributed by atoms with Crippen molar-refractivity contribution in [2.75, 3.05) is 0 Å². The van der Waals surface area contributed by atoms with E-state index in [9.17, 15) is 29.4 Å². The summed E-state index contributed by atoms with van der Waals surface area (Å²) in [4.78, 5) is 51.1. The fourth-order valence-corrected chi connectivity index (χ4v) is 7.27. The molecule has 2 saturated carbocycles. The van der Waals surface area contributed by atoms with Gasteiger partial charge in [-0.05, 0) is 48.1 Å². The zero-order valence-electron chi connectivity index (χ0n) is 25.0. The first-order valence-corrected chi connectivity index (χ1v) is 14.2. The minimum Gasteiger partial charge on any atom is -0.458 e. The first-order valence-electron chi connectivity index (χ1n) is 14.2. The maximum absolute atomic E-state index is 13.3. The molecule has 4 rings (SSSR count). The largest absolute Gasteiger partial charge is 0.458 e. The Kier molecular flexibility index (Phi) is 8.41. The molecule has 0 saturated heterocycles. The third kappa shape index (κ3) is 5.24. The molecule has 0 aromatic heterocycles. The van der Waals surface area contributed by atoms with Gasteiger partial charge in [0.25, 0.3) is 0 Å². The molecule has 7 atom stereocenters. The summed E-state index contributed by atoms with van der Waals surface area (Å²) in [6, 6.07) is 9.23. The van der Waals surface area contributed by atoms with Crippen molar-refractivity contribution in [3.63, 3.8) is 0 Å². The molecule has 3 aliphatic carbocycles. The highest BCUT2D eigenvalue weighted by molar-refractivity contribution is 5.98. The molecule has 9 nitrogen and oxygen atoms in total. The zero-order valence-corrected chi connectivity index (χ0v) is 25.0. The van der Waals surface area contributed by atoms with Gasteiger partial charge in [0.2, 0.25) is 0 Å². The molecular weight excluding hydrogens is 540 g/mol. The number of aliphatic hydroxyl groups is 2. The molecule has 9 heteroatoms. The van der Waals surface area contributed by atoms with E-state index in [1.54, 1.807) is 33.8 Å². The van der Waals surface area contributed by atoms with Gasteiger partial charge in [-0.3, -0.25) is 14.4 Å². The van der Waals surface area contributed by atoms with E-state index in [2.05, 4.69) is 6.58 Å². The number of carbonyl (C=O) groups excluding carboxylic acids is 4. The smallest absolute Gasteiger partial charge is 0.331 e. The van der Waals surface area contributed by atoms with Crippen LogP contribution in [0.1, 0.15) is 66.4 Å². The molecule has 0 radical (unpaired) electrons. The van der Waals surface area contributed by atoms with Gasteiger partial charge in [-0.15, -0.1) is 0 Å². The van der Waals surface area contributed by atoms with E-state index >= 15 is 0 Å². The number of rotatable bonds is 5. The van der Waals surface area contributed by atoms with Crippen molar-refractivity contribution in [1.82, 2.24) is 0 Å². The van der Waals surface area contributed by atoms with E-state index in [-0.39, 0.29) is 24.8 Å². The van der Waals surface area contributed by atoms with Gasteiger partial charge < -0.3 is 24.4 Å². The molecule has 2 N–H and O–H groups in total. The second-order valence-electron chi connectivity index (χ2n) is 12.5. The van der Waals surface area contributed by atoms with Crippen LogP contribution in [0.5, 0.6) is 0 Å². The van der Waals surface area contributed by atoms with Crippen molar-refractivity contribution in [1.29, 1.82) is 0 Å². The molecule has 2 bridgehead atoms. The van der Waals surface area contributed by atoms with E-state index in [0.717, 1.165) is 5.56 Å². The summed E-state index contributed by atoms with van der Waals surface area (Å²) < 4.78 is 17.5. The molecule has 1 aromatic rings. The van der Waals surface area contributed by atoms with Crippen LogP contribution in [-0.4, -0.2) is 63.9 Å². The lowest BCUT2D eigenvalue weighted by molar-refractivity contribution is -0.227. The summed E-state index contributed by atoms with van der Waals surface area (Å²) in [5.74, 6) is -3.37. The molecular formula is C33H40O9. The number of ether oxygens (including phenoxy) is 3. The second kappa shape index (κ2) is 11.3. The molecule has 3 aliphatic rings. The van der Waals surface area contributed by atoms with Crippen molar-refractivity contribution in [3.05, 3.63) is 65.3 Å². The summed E-state index contributed by atoms with van der Waals surface area (Å²) in [6.45, 7) is 13.4. The predicted octanol–water partition coefficient (Wildman–Crippen LogP) is 3.87. The first kappa shape index (κ1) is 31.4. The van der Waals surface area contributed by atoms with Gasteiger partial charge in [-0.2, -0.15) is 0 Å². The Morgan fingerprint density at radius 3 is 2.24 bits per heavy atom. The van der Waals surface area contributed by atoms with Gasteiger partial charge in [0.1, 0.15) is 17.8 Å². The average molecular weight is 581 g/mol.